The first-order chi connectivity index (χ1) is 5.79. The van der Waals surface area contributed by atoms with E-state index in [1.807, 2.05) is 0 Å². The molecule has 0 heteroatoms. The van der Waals surface area contributed by atoms with Crippen molar-refractivity contribution in [2.45, 2.75) is 26.7 Å². The molecule has 0 heterocycles. The van der Waals surface area contributed by atoms with Gasteiger partial charge in [0.15, 0.2) is 0 Å². The zero-order chi connectivity index (χ0) is 8.97. The number of rotatable bonds is 3. The molecule has 0 nitrogen and oxygen atoms in total. The third kappa shape index (κ3) is 1.76. The highest BCUT2D eigenvalue weighted by atomic mass is 14.1. The van der Waals surface area contributed by atoms with Crippen LogP contribution in [0.2, 0.25) is 0 Å². The minimum atomic E-state index is 1.04. The van der Waals surface area contributed by atoms with Gasteiger partial charge in [-0.05, 0) is 29.5 Å². The first kappa shape index (κ1) is 9.05. The SMILES string of the molecule is C=C(CC)c1ccccc1CC. The summed E-state index contributed by atoms with van der Waals surface area (Å²) >= 11 is 0. The van der Waals surface area contributed by atoms with Gasteiger partial charge < -0.3 is 0 Å². The van der Waals surface area contributed by atoms with Crippen molar-refractivity contribution in [2.75, 3.05) is 0 Å². The Labute approximate surface area is 74.9 Å². The molecular weight excluding hydrogens is 144 g/mol. The summed E-state index contributed by atoms with van der Waals surface area (Å²) in [5.74, 6) is 0. The van der Waals surface area contributed by atoms with Crippen molar-refractivity contribution in [3.05, 3.63) is 42.0 Å². The minimum absolute atomic E-state index is 1.04. The van der Waals surface area contributed by atoms with Gasteiger partial charge >= 0.3 is 0 Å². The van der Waals surface area contributed by atoms with E-state index in [1.54, 1.807) is 0 Å². The lowest BCUT2D eigenvalue weighted by atomic mass is 9.98. The maximum Gasteiger partial charge on any atom is -0.0199 e. The lowest BCUT2D eigenvalue weighted by Crippen LogP contribution is -1.89. The van der Waals surface area contributed by atoms with Gasteiger partial charge in [0.05, 0.1) is 0 Å². The number of allylic oxidation sites excluding steroid dienone is 1. The van der Waals surface area contributed by atoms with Gasteiger partial charge in [-0.1, -0.05) is 44.7 Å². The summed E-state index contributed by atoms with van der Waals surface area (Å²) in [4.78, 5) is 0. The molecule has 0 aliphatic rings. The fraction of sp³-hybridized carbons (Fsp3) is 0.333. The fourth-order valence-corrected chi connectivity index (χ4v) is 1.36. The zero-order valence-corrected chi connectivity index (χ0v) is 7.93. The van der Waals surface area contributed by atoms with E-state index in [9.17, 15) is 0 Å². The van der Waals surface area contributed by atoms with Gasteiger partial charge in [-0.3, -0.25) is 0 Å². The molecule has 0 saturated carbocycles. The van der Waals surface area contributed by atoms with Crippen LogP contribution < -0.4 is 0 Å². The van der Waals surface area contributed by atoms with Crippen LogP contribution >= 0.6 is 0 Å². The van der Waals surface area contributed by atoms with Crippen LogP contribution in [0.3, 0.4) is 0 Å². The van der Waals surface area contributed by atoms with Crippen molar-refractivity contribution in [1.29, 1.82) is 0 Å². The van der Waals surface area contributed by atoms with Gasteiger partial charge in [0.2, 0.25) is 0 Å². The largest absolute Gasteiger partial charge is 0.0952 e. The number of hydrogen-bond donors (Lipinski definition) is 0. The first-order valence-electron chi connectivity index (χ1n) is 4.55. The van der Waals surface area contributed by atoms with Crippen LogP contribution in [0.4, 0.5) is 0 Å². The highest BCUT2D eigenvalue weighted by Crippen LogP contribution is 2.20. The maximum atomic E-state index is 4.05. The summed E-state index contributed by atoms with van der Waals surface area (Å²) < 4.78 is 0. The average molecular weight is 160 g/mol. The van der Waals surface area contributed by atoms with Crippen LogP contribution in [-0.2, 0) is 6.42 Å². The smallest absolute Gasteiger partial charge is 0.0199 e. The Kier molecular flexibility index (Phi) is 3.09. The molecule has 1 rings (SSSR count). The Bertz CT molecular complexity index is 271. The van der Waals surface area contributed by atoms with Gasteiger partial charge in [-0.2, -0.15) is 0 Å². The summed E-state index contributed by atoms with van der Waals surface area (Å²) in [7, 11) is 0. The third-order valence-electron chi connectivity index (χ3n) is 2.21. The van der Waals surface area contributed by atoms with E-state index in [2.05, 4.69) is 44.7 Å². The molecule has 0 fully saturated rings. The Hall–Kier alpha value is -1.04. The molecule has 0 radical (unpaired) electrons. The molecule has 0 atom stereocenters. The molecule has 64 valence electrons. The molecule has 1 aromatic carbocycles. The molecule has 0 unspecified atom stereocenters. The van der Waals surface area contributed by atoms with Crippen molar-refractivity contribution in [1.82, 2.24) is 0 Å². The van der Waals surface area contributed by atoms with E-state index in [0.717, 1.165) is 12.8 Å². The molecule has 0 aromatic heterocycles. The normalized spacial score (nSPS) is 9.83. The fourth-order valence-electron chi connectivity index (χ4n) is 1.36. The molecule has 0 bridgehead atoms. The van der Waals surface area contributed by atoms with Crippen LogP contribution in [0.1, 0.15) is 31.4 Å². The van der Waals surface area contributed by atoms with Crippen molar-refractivity contribution in [3.8, 4) is 0 Å². The first-order valence-corrected chi connectivity index (χ1v) is 4.55. The lowest BCUT2D eigenvalue weighted by Gasteiger charge is -2.07. The van der Waals surface area contributed by atoms with Crippen LogP contribution in [0.25, 0.3) is 5.57 Å². The van der Waals surface area contributed by atoms with Crippen molar-refractivity contribution in [3.63, 3.8) is 0 Å². The topological polar surface area (TPSA) is 0 Å². The molecular formula is C12H16. The van der Waals surface area contributed by atoms with E-state index < -0.39 is 0 Å². The van der Waals surface area contributed by atoms with Gasteiger partial charge in [-0.15, -0.1) is 0 Å². The number of hydrogen-bond acceptors (Lipinski definition) is 0. The van der Waals surface area contributed by atoms with Crippen LogP contribution in [-0.4, -0.2) is 0 Å². The van der Waals surface area contributed by atoms with Crippen molar-refractivity contribution >= 4 is 5.57 Å². The van der Waals surface area contributed by atoms with Crippen molar-refractivity contribution in [2.24, 2.45) is 0 Å². The molecule has 1 aromatic rings. The Morgan fingerprint density at radius 3 is 2.50 bits per heavy atom. The Morgan fingerprint density at radius 1 is 1.25 bits per heavy atom. The van der Waals surface area contributed by atoms with E-state index in [4.69, 9.17) is 0 Å². The lowest BCUT2D eigenvalue weighted by molar-refractivity contribution is 1.11. The minimum Gasteiger partial charge on any atom is -0.0952 e. The standard InChI is InChI=1S/C12H16/c1-4-10(3)12-9-7-6-8-11(12)5-2/h6-9H,3-5H2,1-2H3. The van der Waals surface area contributed by atoms with Gasteiger partial charge in [0.25, 0.3) is 0 Å². The Morgan fingerprint density at radius 2 is 1.92 bits per heavy atom. The predicted molar refractivity (Wildman–Crippen MR) is 55.1 cm³/mol. The second kappa shape index (κ2) is 4.10. The van der Waals surface area contributed by atoms with E-state index in [0.29, 0.717) is 0 Å². The predicted octanol–water partition coefficient (Wildman–Crippen LogP) is 3.67. The van der Waals surface area contributed by atoms with Crippen LogP contribution in [0.15, 0.2) is 30.8 Å². The summed E-state index contributed by atoms with van der Waals surface area (Å²) in [5, 5.41) is 0. The zero-order valence-electron chi connectivity index (χ0n) is 7.93. The molecule has 0 aliphatic heterocycles. The monoisotopic (exact) mass is 160 g/mol. The summed E-state index contributed by atoms with van der Waals surface area (Å²) in [6, 6.07) is 8.50. The molecule has 0 aliphatic carbocycles. The quantitative estimate of drug-likeness (QED) is 0.633. The molecule has 0 N–H and O–H groups in total. The third-order valence-corrected chi connectivity index (χ3v) is 2.21. The van der Waals surface area contributed by atoms with Crippen molar-refractivity contribution < 1.29 is 0 Å². The molecule has 0 saturated heterocycles. The average Bonchev–Trinajstić information content (AvgIpc) is 2.16. The van der Waals surface area contributed by atoms with E-state index in [-0.39, 0.29) is 0 Å². The number of benzene rings is 1. The van der Waals surface area contributed by atoms with Crippen LogP contribution in [0, 0.1) is 0 Å². The molecule has 0 spiro atoms. The second-order valence-corrected chi connectivity index (χ2v) is 2.97. The number of aryl methyl sites for hydroxylation is 1. The van der Waals surface area contributed by atoms with E-state index >= 15 is 0 Å². The maximum absolute atomic E-state index is 4.05. The van der Waals surface area contributed by atoms with E-state index in [1.165, 1.54) is 16.7 Å². The highest BCUT2D eigenvalue weighted by Gasteiger charge is 2.00. The molecule has 0 amide bonds. The van der Waals surface area contributed by atoms with Gasteiger partial charge in [-0.25, -0.2) is 0 Å². The Balaban J connectivity index is 3.04. The highest BCUT2D eigenvalue weighted by molar-refractivity contribution is 5.65. The van der Waals surface area contributed by atoms with Crippen LogP contribution in [0.5, 0.6) is 0 Å². The summed E-state index contributed by atoms with van der Waals surface area (Å²) in [6.45, 7) is 8.38. The summed E-state index contributed by atoms with van der Waals surface area (Å²) in [5.41, 5.74) is 3.99. The second-order valence-electron chi connectivity index (χ2n) is 2.97. The summed E-state index contributed by atoms with van der Waals surface area (Å²) in [6.07, 6.45) is 2.13. The van der Waals surface area contributed by atoms with Gasteiger partial charge in [0.1, 0.15) is 0 Å². The van der Waals surface area contributed by atoms with Gasteiger partial charge in [0, 0.05) is 0 Å². The molecule has 12 heavy (non-hydrogen) atoms.